The molecule has 0 aliphatic carbocycles. The van der Waals surface area contributed by atoms with Gasteiger partial charge in [0.2, 0.25) is 0 Å². The molecule has 0 atom stereocenters. The second-order valence-electron chi connectivity index (χ2n) is 3.91. The van der Waals surface area contributed by atoms with Crippen molar-refractivity contribution < 1.29 is 12.8 Å². The molecule has 0 heterocycles. The Morgan fingerprint density at radius 1 is 1.41 bits per heavy atom. The third-order valence-corrected chi connectivity index (χ3v) is 3.50. The zero-order chi connectivity index (χ0) is 12.9. The van der Waals surface area contributed by atoms with Crippen LogP contribution in [0.2, 0.25) is 5.02 Å². The zero-order valence-electron chi connectivity index (χ0n) is 9.54. The predicted molar refractivity (Wildman–Crippen MR) is 67.4 cm³/mol. The van der Waals surface area contributed by atoms with Crippen molar-refractivity contribution in [3.05, 3.63) is 34.6 Å². The highest BCUT2D eigenvalue weighted by Crippen LogP contribution is 2.15. The van der Waals surface area contributed by atoms with Crippen molar-refractivity contribution in [2.75, 3.05) is 18.6 Å². The van der Waals surface area contributed by atoms with Crippen LogP contribution < -0.4 is 5.32 Å². The molecule has 0 radical (unpaired) electrons. The number of hydrogen-bond donors (Lipinski definition) is 1. The van der Waals surface area contributed by atoms with Gasteiger partial charge in [-0.15, -0.1) is 0 Å². The number of rotatable bonds is 6. The summed E-state index contributed by atoms with van der Waals surface area (Å²) in [6.07, 6.45) is 1.78. The standard InChI is InChI=1S/C11H15ClFNO2S/c1-17(15,16)6-2-5-14-8-9-3-4-11(13)10(12)7-9/h3-4,7,14H,2,5-6,8H2,1H3. The average molecular weight is 280 g/mol. The fourth-order valence-corrected chi connectivity index (χ4v) is 2.21. The van der Waals surface area contributed by atoms with Gasteiger partial charge in [-0.05, 0) is 30.7 Å². The van der Waals surface area contributed by atoms with Crippen molar-refractivity contribution in [3.8, 4) is 0 Å². The lowest BCUT2D eigenvalue weighted by Gasteiger charge is -2.05. The van der Waals surface area contributed by atoms with Gasteiger partial charge in [-0.2, -0.15) is 0 Å². The summed E-state index contributed by atoms with van der Waals surface area (Å²) in [6.45, 7) is 1.14. The summed E-state index contributed by atoms with van der Waals surface area (Å²) in [5, 5.41) is 3.17. The molecule has 0 amide bonds. The Balaban J connectivity index is 2.29. The van der Waals surface area contributed by atoms with E-state index in [4.69, 9.17) is 11.6 Å². The average Bonchev–Trinajstić information content (AvgIpc) is 2.21. The maximum atomic E-state index is 12.9. The number of benzene rings is 1. The molecular weight excluding hydrogens is 265 g/mol. The smallest absolute Gasteiger partial charge is 0.147 e. The van der Waals surface area contributed by atoms with E-state index < -0.39 is 15.7 Å². The normalized spacial score (nSPS) is 11.7. The minimum absolute atomic E-state index is 0.0976. The van der Waals surface area contributed by atoms with E-state index in [1.807, 2.05) is 0 Å². The number of hydrogen-bond acceptors (Lipinski definition) is 3. The Kier molecular flexibility index (Phi) is 5.36. The van der Waals surface area contributed by atoms with Crippen LogP contribution in [-0.4, -0.2) is 27.0 Å². The maximum Gasteiger partial charge on any atom is 0.147 e. The Labute approximate surface area is 106 Å². The van der Waals surface area contributed by atoms with Crippen LogP contribution in [0.5, 0.6) is 0 Å². The molecule has 0 bridgehead atoms. The van der Waals surface area contributed by atoms with Gasteiger partial charge < -0.3 is 5.32 Å². The van der Waals surface area contributed by atoms with Crippen LogP contribution in [-0.2, 0) is 16.4 Å². The molecule has 0 unspecified atom stereocenters. The van der Waals surface area contributed by atoms with Gasteiger partial charge in [-0.25, -0.2) is 12.8 Å². The lowest BCUT2D eigenvalue weighted by atomic mass is 10.2. The molecule has 0 aliphatic rings. The van der Waals surface area contributed by atoms with Gasteiger partial charge >= 0.3 is 0 Å². The fourth-order valence-electron chi connectivity index (χ4n) is 1.34. The van der Waals surface area contributed by atoms with Gasteiger partial charge in [0.25, 0.3) is 0 Å². The molecule has 0 saturated carbocycles. The van der Waals surface area contributed by atoms with Gasteiger partial charge in [-0.1, -0.05) is 17.7 Å². The first kappa shape index (κ1) is 14.4. The van der Waals surface area contributed by atoms with E-state index >= 15 is 0 Å². The van der Waals surface area contributed by atoms with E-state index in [2.05, 4.69) is 5.32 Å². The van der Waals surface area contributed by atoms with Gasteiger partial charge in [-0.3, -0.25) is 0 Å². The van der Waals surface area contributed by atoms with Crippen LogP contribution in [0.1, 0.15) is 12.0 Å². The van der Waals surface area contributed by atoms with E-state index in [0.717, 1.165) is 5.56 Å². The number of nitrogens with one attached hydrogen (secondary N) is 1. The highest BCUT2D eigenvalue weighted by atomic mass is 35.5. The molecule has 0 spiro atoms. The van der Waals surface area contributed by atoms with E-state index in [1.54, 1.807) is 12.1 Å². The van der Waals surface area contributed by atoms with Crippen molar-refractivity contribution in [3.63, 3.8) is 0 Å². The summed E-state index contributed by atoms with van der Waals surface area (Å²) in [7, 11) is -2.89. The molecule has 17 heavy (non-hydrogen) atoms. The van der Waals surface area contributed by atoms with E-state index in [9.17, 15) is 12.8 Å². The van der Waals surface area contributed by atoms with Crippen molar-refractivity contribution in [2.45, 2.75) is 13.0 Å². The van der Waals surface area contributed by atoms with Gasteiger partial charge in [0, 0.05) is 12.8 Å². The van der Waals surface area contributed by atoms with Crippen molar-refractivity contribution >= 4 is 21.4 Å². The molecule has 0 aromatic heterocycles. The highest BCUT2D eigenvalue weighted by Gasteiger charge is 2.02. The van der Waals surface area contributed by atoms with E-state index in [0.29, 0.717) is 19.5 Å². The molecule has 6 heteroatoms. The summed E-state index contributed by atoms with van der Waals surface area (Å²) >= 11 is 5.63. The Hall–Kier alpha value is -0.650. The van der Waals surface area contributed by atoms with Crippen LogP contribution in [0.15, 0.2) is 18.2 Å². The summed E-state index contributed by atoms with van der Waals surface area (Å²) in [5.41, 5.74) is 0.871. The first-order chi connectivity index (χ1) is 7.88. The van der Waals surface area contributed by atoms with Gasteiger partial charge in [0.05, 0.1) is 10.8 Å². The molecule has 1 rings (SSSR count). The Morgan fingerprint density at radius 2 is 2.12 bits per heavy atom. The molecule has 3 nitrogen and oxygen atoms in total. The fraction of sp³-hybridized carbons (Fsp3) is 0.455. The largest absolute Gasteiger partial charge is 0.313 e. The van der Waals surface area contributed by atoms with Gasteiger partial charge in [0.15, 0.2) is 0 Å². The van der Waals surface area contributed by atoms with Crippen molar-refractivity contribution in [2.24, 2.45) is 0 Å². The monoisotopic (exact) mass is 279 g/mol. The van der Waals surface area contributed by atoms with Gasteiger partial charge in [0.1, 0.15) is 15.7 Å². The molecule has 1 aromatic rings. The minimum atomic E-state index is -2.89. The van der Waals surface area contributed by atoms with Crippen LogP contribution in [0.4, 0.5) is 4.39 Å². The van der Waals surface area contributed by atoms with E-state index in [1.165, 1.54) is 12.3 Å². The minimum Gasteiger partial charge on any atom is -0.313 e. The molecule has 0 aliphatic heterocycles. The first-order valence-corrected chi connectivity index (χ1v) is 7.65. The topological polar surface area (TPSA) is 46.2 Å². The summed E-state index contributed by atoms with van der Waals surface area (Å²) in [4.78, 5) is 0. The number of sulfone groups is 1. The van der Waals surface area contributed by atoms with Crippen molar-refractivity contribution in [1.82, 2.24) is 5.32 Å². The van der Waals surface area contributed by atoms with Crippen molar-refractivity contribution in [1.29, 1.82) is 0 Å². The summed E-state index contributed by atoms with van der Waals surface area (Å²) in [6, 6.07) is 4.51. The SMILES string of the molecule is CS(=O)(=O)CCCNCc1ccc(F)c(Cl)c1. The summed E-state index contributed by atoms with van der Waals surface area (Å²) < 4.78 is 34.6. The Morgan fingerprint density at radius 3 is 2.71 bits per heavy atom. The summed E-state index contributed by atoms with van der Waals surface area (Å²) in [5.74, 6) is -0.267. The predicted octanol–water partition coefficient (Wildman–Crippen LogP) is 2.00. The third-order valence-electron chi connectivity index (χ3n) is 2.18. The lowest BCUT2D eigenvalue weighted by Crippen LogP contribution is -2.17. The Bertz CT molecular complexity index is 476. The molecule has 0 saturated heterocycles. The third kappa shape index (κ3) is 6.00. The highest BCUT2D eigenvalue weighted by molar-refractivity contribution is 7.90. The lowest BCUT2D eigenvalue weighted by molar-refractivity contribution is 0.594. The van der Waals surface area contributed by atoms with Crippen LogP contribution in [0.3, 0.4) is 0 Å². The number of halogens is 2. The van der Waals surface area contributed by atoms with Crippen LogP contribution in [0.25, 0.3) is 0 Å². The maximum absolute atomic E-state index is 12.9. The quantitative estimate of drug-likeness (QED) is 0.810. The molecular formula is C11H15ClFNO2S. The molecule has 0 fully saturated rings. The van der Waals surface area contributed by atoms with E-state index in [-0.39, 0.29) is 10.8 Å². The second-order valence-corrected chi connectivity index (χ2v) is 6.58. The molecule has 1 N–H and O–H groups in total. The molecule has 96 valence electrons. The van der Waals surface area contributed by atoms with Crippen LogP contribution >= 0.6 is 11.6 Å². The molecule has 1 aromatic carbocycles. The van der Waals surface area contributed by atoms with Crippen LogP contribution in [0, 0.1) is 5.82 Å². The first-order valence-electron chi connectivity index (χ1n) is 5.21. The second kappa shape index (κ2) is 6.33. The zero-order valence-corrected chi connectivity index (χ0v) is 11.1.